The fourth-order valence-corrected chi connectivity index (χ4v) is 4.13. The zero-order valence-electron chi connectivity index (χ0n) is 17.5. The summed E-state index contributed by atoms with van der Waals surface area (Å²) in [7, 11) is 1.86. The van der Waals surface area contributed by atoms with Gasteiger partial charge in [-0.05, 0) is 37.5 Å². The lowest BCUT2D eigenvalue weighted by molar-refractivity contribution is -0.0418. The molecule has 9 heteroatoms. The second-order valence-corrected chi connectivity index (χ2v) is 7.63. The number of anilines is 2. The van der Waals surface area contributed by atoms with Gasteiger partial charge in [0, 0.05) is 31.3 Å². The average molecular weight is 409 g/mol. The molecule has 4 aromatic rings. The Labute approximate surface area is 175 Å². The molecule has 0 radical (unpaired) electrons. The molecule has 4 aromatic heterocycles. The summed E-state index contributed by atoms with van der Waals surface area (Å²) < 4.78 is 8.83. The maximum Gasteiger partial charge on any atom is 0.240 e. The molecule has 1 fully saturated rings. The van der Waals surface area contributed by atoms with Crippen molar-refractivity contribution in [1.82, 2.24) is 29.2 Å². The molecule has 1 aliphatic rings. The van der Waals surface area contributed by atoms with E-state index in [0.29, 0.717) is 11.3 Å². The molecule has 0 aliphatic heterocycles. The SMILES string of the molecule is CCC1(OC)CCCCC1.Nc1nc(N)c2c(-c3ccc4nccn4n3)ccn2n1. The highest BCUT2D eigenvalue weighted by Gasteiger charge is 2.29. The lowest BCUT2D eigenvalue weighted by Gasteiger charge is -2.34. The van der Waals surface area contributed by atoms with Crippen molar-refractivity contribution in [1.29, 1.82) is 0 Å². The summed E-state index contributed by atoms with van der Waals surface area (Å²) in [6.45, 7) is 2.23. The van der Waals surface area contributed by atoms with Gasteiger partial charge in [-0.15, -0.1) is 5.10 Å². The predicted molar refractivity (Wildman–Crippen MR) is 117 cm³/mol. The highest BCUT2D eigenvalue weighted by atomic mass is 16.5. The van der Waals surface area contributed by atoms with Gasteiger partial charge < -0.3 is 16.2 Å². The van der Waals surface area contributed by atoms with Crippen LogP contribution in [-0.2, 0) is 4.74 Å². The summed E-state index contributed by atoms with van der Waals surface area (Å²) in [6.07, 6.45) is 13.1. The Bertz CT molecular complexity index is 1140. The van der Waals surface area contributed by atoms with Crippen LogP contribution in [0.5, 0.6) is 0 Å². The molecular formula is C21H28N8O. The number of nitrogen functional groups attached to an aromatic ring is 2. The number of ether oxygens (including phenoxy) is 1. The summed E-state index contributed by atoms with van der Waals surface area (Å²) in [5.74, 6) is 0.459. The number of hydrogen-bond acceptors (Lipinski definition) is 7. The largest absolute Gasteiger partial charge is 0.382 e. The fourth-order valence-electron chi connectivity index (χ4n) is 4.13. The lowest BCUT2D eigenvalue weighted by atomic mass is 9.83. The first-order chi connectivity index (χ1) is 14.5. The molecule has 0 aromatic carbocycles. The number of aromatic nitrogens is 6. The third-order valence-electron chi connectivity index (χ3n) is 5.93. The fraction of sp³-hybridized carbons (Fsp3) is 0.429. The molecule has 158 valence electrons. The Morgan fingerprint density at radius 1 is 1.03 bits per heavy atom. The minimum absolute atomic E-state index is 0.134. The van der Waals surface area contributed by atoms with E-state index in [9.17, 15) is 0 Å². The number of methoxy groups -OCH3 is 1. The molecule has 4 heterocycles. The predicted octanol–water partition coefficient (Wildman–Crippen LogP) is 3.35. The molecule has 1 saturated carbocycles. The Morgan fingerprint density at radius 3 is 2.53 bits per heavy atom. The first-order valence-electron chi connectivity index (χ1n) is 10.3. The van der Waals surface area contributed by atoms with Crippen molar-refractivity contribution < 1.29 is 4.74 Å². The van der Waals surface area contributed by atoms with E-state index in [4.69, 9.17) is 16.2 Å². The summed E-state index contributed by atoms with van der Waals surface area (Å²) in [6, 6.07) is 5.65. The molecule has 9 nitrogen and oxygen atoms in total. The van der Waals surface area contributed by atoms with Gasteiger partial charge in [0.1, 0.15) is 5.52 Å². The third kappa shape index (κ3) is 3.80. The topological polar surface area (TPSA) is 122 Å². The zero-order chi connectivity index (χ0) is 21.1. The van der Waals surface area contributed by atoms with E-state index >= 15 is 0 Å². The van der Waals surface area contributed by atoms with Gasteiger partial charge in [0.2, 0.25) is 5.95 Å². The van der Waals surface area contributed by atoms with Gasteiger partial charge >= 0.3 is 0 Å². The minimum Gasteiger partial charge on any atom is -0.382 e. The number of hydrogen-bond donors (Lipinski definition) is 2. The van der Waals surface area contributed by atoms with E-state index in [1.165, 1.54) is 38.5 Å². The Hall–Kier alpha value is -3.20. The Balaban J connectivity index is 0.000000185. The van der Waals surface area contributed by atoms with Gasteiger partial charge in [0.15, 0.2) is 11.5 Å². The van der Waals surface area contributed by atoms with Crippen molar-refractivity contribution in [2.75, 3.05) is 18.6 Å². The van der Waals surface area contributed by atoms with Crippen LogP contribution in [0, 0.1) is 0 Å². The standard InChI is InChI=1S/C12H10N8.C9H18O/c13-11-10-7(3-5-20(10)18-12(14)16-11)8-1-2-9-15-4-6-19(9)17-8;1-3-9(10-2)7-5-4-6-8-9/h1-6H,(H4,13,14,16,18);3-8H2,1-2H3. The molecule has 0 atom stereocenters. The van der Waals surface area contributed by atoms with E-state index in [2.05, 4.69) is 27.1 Å². The number of imidazole rings is 1. The van der Waals surface area contributed by atoms with Gasteiger partial charge in [-0.25, -0.2) is 14.0 Å². The van der Waals surface area contributed by atoms with Crippen molar-refractivity contribution in [3.63, 3.8) is 0 Å². The summed E-state index contributed by atoms with van der Waals surface area (Å²) in [5, 5.41) is 8.58. The van der Waals surface area contributed by atoms with Gasteiger partial charge in [0.05, 0.1) is 11.3 Å². The molecular weight excluding hydrogens is 380 g/mol. The number of fused-ring (bicyclic) bond motifs is 2. The van der Waals surface area contributed by atoms with Crippen LogP contribution in [0.25, 0.3) is 22.4 Å². The van der Waals surface area contributed by atoms with Crippen molar-refractivity contribution in [3.05, 3.63) is 36.8 Å². The van der Waals surface area contributed by atoms with Crippen LogP contribution < -0.4 is 11.5 Å². The molecule has 0 spiro atoms. The first kappa shape index (κ1) is 20.1. The maximum absolute atomic E-state index is 5.93. The minimum atomic E-state index is 0.134. The average Bonchev–Trinajstić information content (AvgIpc) is 3.41. The highest BCUT2D eigenvalue weighted by molar-refractivity contribution is 5.86. The smallest absolute Gasteiger partial charge is 0.240 e. The van der Waals surface area contributed by atoms with Crippen LogP contribution in [0.1, 0.15) is 45.4 Å². The summed E-state index contributed by atoms with van der Waals surface area (Å²) in [4.78, 5) is 8.15. The van der Waals surface area contributed by atoms with Gasteiger partial charge in [0.25, 0.3) is 0 Å². The summed E-state index contributed by atoms with van der Waals surface area (Å²) >= 11 is 0. The van der Waals surface area contributed by atoms with Crippen LogP contribution in [0.4, 0.5) is 11.8 Å². The first-order valence-corrected chi connectivity index (χ1v) is 10.3. The quantitative estimate of drug-likeness (QED) is 0.533. The van der Waals surface area contributed by atoms with Gasteiger partial charge in [-0.2, -0.15) is 10.1 Å². The molecule has 4 N–H and O–H groups in total. The van der Waals surface area contributed by atoms with Crippen molar-refractivity contribution in [3.8, 4) is 11.3 Å². The van der Waals surface area contributed by atoms with E-state index in [0.717, 1.165) is 16.9 Å². The molecule has 30 heavy (non-hydrogen) atoms. The molecule has 1 aliphatic carbocycles. The molecule has 0 saturated heterocycles. The monoisotopic (exact) mass is 408 g/mol. The molecule has 0 unspecified atom stereocenters. The molecule has 0 bridgehead atoms. The second-order valence-electron chi connectivity index (χ2n) is 7.63. The van der Waals surface area contributed by atoms with Crippen LogP contribution in [0.3, 0.4) is 0 Å². The Kier molecular flexibility index (Phi) is 5.54. The van der Waals surface area contributed by atoms with Gasteiger partial charge in [-0.1, -0.05) is 26.2 Å². The third-order valence-corrected chi connectivity index (χ3v) is 5.93. The van der Waals surface area contributed by atoms with E-state index < -0.39 is 0 Å². The Morgan fingerprint density at radius 2 is 1.83 bits per heavy atom. The lowest BCUT2D eigenvalue weighted by Crippen LogP contribution is -2.32. The second kappa shape index (κ2) is 8.27. The van der Waals surface area contributed by atoms with E-state index in [-0.39, 0.29) is 11.5 Å². The number of nitrogens with zero attached hydrogens (tertiary/aromatic N) is 6. The van der Waals surface area contributed by atoms with Crippen molar-refractivity contribution in [2.24, 2.45) is 0 Å². The van der Waals surface area contributed by atoms with Gasteiger partial charge in [-0.3, -0.25) is 0 Å². The zero-order valence-corrected chi connectivity index (χ0v) is 17.5. The highest BCUT2D eigenvalue weighted by Crippen LogP contribution is 2.33. The molecule has 0 amide bonds. The van der Waals surface area contributed by atoms with Crippen molar-refractivity contribution in [2.45, 2.75) is 51.0 Å². The number of rotatable bonds is 3. The number of nitrogens with two attached hydrogens (primary N) is 2. The maximum atomic E-state index is 5.93. The van der Waals surface area contributed by atoms with Crippen LogP contribution in [-0.4, -0.2) is 41.9 Å². The summed E-state index contributed by atoms with van der Waals surface area (Å²) in [5.41, 5.74) is 14.9. The van der Waals surface area contributed by atoms with Crippen molar-refractivity contribution >= 4 is 22.9 Å². The normalized spacial score (nSPS) is 15.8. The van der Waals surface area contributed by atoms with E-state index in [1.807, 2.05) is 25.3 Å². The van der Waals surface area contributed by atoms with Crippen LogP contribution in [0.15, 0.2) is 36.8 Å². The molecule has 5 rings (SSSR count). The van der Waals surface area contributed by atoms with Crippen LogP contribution in [0.2, 0.25) is 0 Å². The van der Waals surface area contributed by atoms with Crippen LogP contribution >= 0.6 is 0 Å². The van der Waals surface area contributed by atoms with E-state index in [1.54, 1.807) is 27.6 Å².